The number of nitrogens with zero attached hydrogens (tertiary/aromatic N) is 5. The molecule has 31 heavy (non-hydrogen) atoms. The molecule has 2 amide bonds. The number of hydrogen-bond acceptors (Lipinski definition) is 6. The molecule has 9 heteroatoms. The van der Waals surface area contributed by atoms with E-state index in [4.69, 9.17) is 0 Å². The van der Waals surface area contributed by atoms with Gasteiger partial charge in [-0.05, 0) is 39.5 Å². The first-order valence-electron chi connectivity index (χ1n) is 11.1. The maximum Gasteiger partial charge on any atom is 0.225 e. The minimum absolute atomic E-state index is 0.0154. The highest BCUT2D eigenvalue weighted by Crippen LogP contribution is 2.30. The van der Waals surface area contributed by atoms with E-state index in [1.54, 1.807) is 6.92 Å². The Morgan fingerprint density at radius 2 is 1.81 bits per heavy atom. The predicted molar refractivity (Wildman–Crippen MR) is 117 cm³/mol. The fraction of sp³-hybridized carbons (Fsp3) is 0.591. The van der Waals surface area contributed by atoms with Crippen LogP contribution in [0.2, 0.25) is 0 Å². The molecular weight excluding hydrogens is 394 g/mol. The number of aromatic amines is 1. The van der Waals surface area contributed by atoms with E-state index in [0.717, 1.165) is 49.4 Å². The Kier molecular flexibility index (Phi) is 6.20. The van der Waals surface area contributed by atoms with Crippen molar-refractivity contribution in [2.75, 3.05) is 31.5 Å². The van der Waals surface area contributed by atoms with Gasteiger partial charge >= 0.3 is 0 Å². The maximum atomic E-state index is 13.1. The number of carbonyl (C=O) groups excluding carboxylic acids is 2. The van der Waals surface area contributed by atoms with E-state index in [1.807, 2.05) is 35.8 Å². The summed E-state index contributed by atoms with van der Waals surface area (Å²) in [7, 11) is 0. The number of amides is 2. The average Bonchev–Trinajstić information content (AvgIpc) is 3.17. The molecule has 0 saturated carbocycles. The molecule has 2 fully saturated rings. The van der Waals surface area contributed by atoms with E-state index in [0.29, 0.717) is 31.3 Å². The Balaban J connectivity index is 1.42. The normalized spacial score (nSPS) is 20.0. The van der Waals surface area contributed by atoms with Crippen LogP contribution < -0.4 is 5.32 Å². The van der Waals surface area contributed by atoms with Gasteiger partial charge in [0, 0.05) is 62.8 Å². The number of hydrogen-bond donors (Lipinski definition) is 2. The molecule has 1 unspecified atom stereocenters. The van der Waals surface area contributed by atoms with Crippen LogP contribution in [-0.2, 0) is 9.59 Å². The van der Waals surface area contributed by atoms with Crippen molar-refractivity contribution in [1.29, 1.82) is 0 Å². The van der Waals surface area contributed by atoms with Crippen LogP contribution in [0.3, 0.4) is 0 Å². The lowest BCUT2D eigenvalue weighted by atomic mass is 9.90. The summed E-state index contributed by atoms with van der Waals surface area (Å²) in [6, 6.07) is 3.90. The second-order valence-electron chi connectivity index (χ2n) is 8.69. The van der Waals surface area contributed by atoms with Crippen molar-refractivity contribution >= 4 is 23.5 Å². The van der Waals surface area contributed by atoms with Gasteiger partial charge in [0.25, 0.3) is 0 Å². The van der Waals surface area contributed by atoms with E-state index < -0.39 is 0 Å². The van der Waals surface area contributed by atoms with Crippen LogP contribution >= 0.6 is 0 Å². The van der Waals surface area contributed by atoms with Crippen molar-refractivity contribution in [3.05, 3.63) is 29.3 Å². The summed E-state index contributed by atoms with van der Waals surface area (Å²) >= 11 is 0. The van der Waals surface area contributed by atoms with Crippen LogP contribution in [0.5, 0.6) is 0 Å². The van der Waals surface area contributed by atoms with Gasteiger partial charge in [-0.15, -0.1) is 0 Å². The molecule has 4 rings (SSSR count). The van der Waals surface area contributed by atoms with Crippen LogP contribution in [0, 0.1) is 19.8 Å². The zero-order valence-corrected chi connectivity index (χ0v) is 18.5. The monoisotopic (exact) mass is 425 g/mol. The summed E-state index contributed by atoms with van der Waals surface area (Å²) in [4.78, 5) is 37.7. The van der Waals surface area contributed by atoms with Gasteiger partial charge in [0.05, 0.1) is 5.69 Å². The second kappa shape index (κ2) is 9.03. The lowest BCUT2D eigenvalue weighted by Crippen LogP contribution is -2.46. The number of carbonyl (C=O) groups is 2. The molecule has 2 aromatic heterocycles. The summed E-state index contributed by atoms with van der Waals surface area (Å²) in [6.07, 6.45) is 3.48. The number of H-pyrrole nitrogens is 1. The molecule has 9 nitrogen and oxygen atoms in total. The number of aryl methyl sites for hydroxylation is 2. The topological polar surface area (TPSA) is 107 Å². The standard InChI is InChI=1S/C22H31N7O2/c1-14-11-21(27-26-14)25-20-12-19(23-15(2)24-20)18-5-4-8-29(13-18)22(31)17-6-9-28(10-7-17)16(3)30/h11-12,17-18H,4-10,13H2,1-3H3,(H2,23,24,25,26,27). The minimum atomic E-state index is 0.0154. The zero-order chi connectivity index (χ0) is 22.0. The van der Waals surface area contributed by atoms with E-state index in [9.17, 15) is 9.59 Å². The maximum absolute atomic E-state index is 13.1. The number of aromatic nitrogens is 4. The van der Waals surface area contributed by atoms with Gasteiger partial charge in [0.15, 0.2) is 5.82 Å². The summed E-state index contributed by atoms with van der Waals surface area (Å²) < 4.78 is 0. The molecule has 0 aliphatic carbocycles. The molecule has 0 bridgehead atoms. The number of rotatable bonds is 4. The minimum Gasteiger partial charge on any atom is -0.343 e. The highest BCUT2D eigenvalue weighted by Gasteiger charge is 2.32. The first kappa shape index (κ1) is 21.3. The number of likely N-dealkylation sites (tertiary alicyclic amines) is 2. The van der Waals surface area contributed by atoms with Crippen LogP contribution in [0.15, 0.2) is 12.1 Å². The number of nitrogens with one attached hydrogen (secondary N) is 2. The Labute approximate surface area is 182 Å². The highest BCUT2D eigenvalue weighted by molar-refractivity contribution is 5.80. The Hall–Kier alpha value is -2.97. The first-order valence-corrected chi connectivity index (χ1v) is 11.1. The molecule has 0 aromatic carbocycles. The largest absolute Gasteiger partial charge is 0.343 e. The third-order valence-corrected chi connectivity index (χ3v) is 6.26. The van der Waals surface area contributed by atoms with Gasteiger partial charge in [-0.25, -0.2) is 9.97 Å². The molecule has 2 aromatic rings. The molecule has 0 radical (unpaired) electrons. The molecule has 2 aliphatic rings. The summed E-state index contributed by atoms with van der Waals surface area (Å²) in [5, 5.41) is 10.4. The van der Waals surface area contributed by atoms with Gasteiger partial charge in [-0.3, -0.25) is 14.7 Å². The molecule has 1 atom stereocenters. The smallest absolute Gasteiger partial charge is 0.225 e. The molecular formula is C22H31N7O2. The predicted octanol–water partition coefficient (Wildman–Crippen LogP) is 2.52. The fourth-order valence-electron chi connectivity index (χ4n) is 4.60. The molecule has 0 spiro atoms. The van der Waals surface area contributed by atoms with Gasteiger partial charge in [0.2, 0.25) is 11.8 Å². The fourth-order valence-corrected chi connectivity index (χ4v) is 4.60. The van der Waals surface area contributed by atoms with Crippen LogP contribution in [-0.4, -0.2) is 68.0 Å². The number of piperidine rings is 2. The van der Waals surface area contributed by atoms with Gasteiger partial charge in [0.1, 0.15) is 11.6 Å². The van der Waals surface area contributed by atoms with Crippen molar-refractivity contribution in [2.45, 2.75) is 52.4 Å². The first-order chi connectivity index (χ1) is 14.9. The Morgan fingerprint density at radius 1 is 1.03 bits per heavy atom. The Morgan fingerprint density at radius 3 is 2.48 bits per heavy atom. The molecule has 2 saturated heterocycles. The van der Waals surface area contributed by atoms with Gasteiger partial charge in [-0.2, -0.15) is 5.10 Å². The van der Waals surface area contributed by atoms with E-state index in [1.165, 1.54) is 0 Å². The SMILES string of the molecule is CC(=O)N1CCC(C(=O)N2CCCC(c3cc(Nc4cc(C)[nH]n4)nc(C)n3)C2)CC1. The van der Waals surface area contributed by atoms with Gasteiger partial charge in [-0.1, -0.05) is 0 Å². The summed E-state index contributed by atoms with van der Waals surface area (Å²) in [6.45, 7) is 8.27. The molecule has 4 heterocycles. The Bertz CT molecular complexity index is 949. The molecule has 2 N–H and O–H groups in total. The summed E-state index contributed by atoms with van der Waals surface area (Å²) in [5.74, 6) is 2.67. The van der Waals surface area contributed by atoms with E-state index >= 15 is 0 Å². The number of anilines is 2. The van der Waals surface area contributed by atoms with Crippen molar-refractivity contribution in [3.8, 4) is 0 Å². The van der Waals surface area contributed by atoms with Crippen molar-refractivity contribution in [1.82, 2.24) is 30.0 Å². The highest BCUT2D eigenvalue weighted by atomic mass is 16.2. The second-order valence-corrected chi connectivity index (χ2v) is 8.69. The van der Waals surface area contributed by atoms with Crippen LogP contribution in [0.1, 0.15) is 55.7 Å². The molecule has 166 valence electrons. The quantitative estimate of drug-likeness (QED) is 0.780. The molecule has 2 aliphatic heterocycles. The van der Waals surface area contributed by atoms with E-state index in [-0.39, 0.29) is 23.7 Å². The zero-order valence-electron chi connectivity index (χ0n) is 18.5. The average molecular weight is 426 g/mol. The lowest BCUT2D eigenvalue weighted by molar-refractivity contribution is -0.141. The van der Waals surface area contributed by atoms with Gasteiger partial charge < -0.3 is 15.1 Å². The van der Waals surface area contributed by atoms with Crippen LogP contribution in [0.25, 0.3) is 0 Å². The van der Waals surface area contributed by atoms with Crippen molar-refractivity contribution in [3.63, 3.8) is 0 Å². The van der Waals surface area contributed by atoms with Crippen molar-refractivity contribution < 1.29 is 9.59 Å². The summed E-state index contributed by atoms with van der Waals surface area (Å²) in [5.41, 5.74) is 1.94. The third kappa shape index (κ3) is 5.03. The van der Waals surface area contributed by atoms with Crippen molar-refractivity contribution in [2.24, 2.45) is 5.92 Å². The third-order valence-electron chi connectivity index (χ3n) is 6.26. The van der Waals surface area contributed by atoms with E-state index in [2.05, 4.69) is 25.5 Å². The van der Waals surface area contributed by atoms with Crippen LogP contribution in [0.4, 0.5) is 11.6 Å². The lowest BCUT2D eigenvalue weighted by Gasteiger charge is -2.37.